The van der Waals surface area contributed by atoms with Crippen molar-refractivity contribution in [2.45, 2.75) is 31.1 Å². The van der Waals surface area contributed by atoms with Crippen LogP contribution in [0.4, 0.5) is 4.39 Å². The average molecular weight is 389 g/mol. The zero-order valence-electron chi connectivity index (χ0n) is 14.4. The summed E-state index contributed by atoms with van der Waals surface area (Å²) in [5, 5.41) is 2.94. The third-order valence-electron chi connectivity index (χ3n) is 4.29. The molecule has 1 aromatic rings. The van der Waals surface area contributed by atoms with Crippen molar-refractivity contribution in [2.75, 3.05) is 31.1 Å². The van der Waals surface area contributed by atoms with Crippen molar-refractivity contribution >= 4 is 27.7 Å². The number of carbonyl (C=O) groups excluding carboxylic acids is 1. The minimum absolute atomic E-state index is 0.0142. The molecule has 1 aliphatic heterocycles. The van der Waals surface area contributed by atoms with Crippen LogP contribution in [-0.4, -0.2) is 49.8 Å². The topological polar surface area (TPSA) is 66.5 Å². The molecule has 1 aromatic carbocycles. The van der Waals surface area contributed by atoms with E-state index in [2.05, 4.69) is 5.32 Å². The van der Waals surface area contributed by atoms with Gasteiger partial charge in [-0.2, -0.15) is 0 Å². The highest BCUT2D eigenvalue weighted by Gasteiger charge is 2.29. The second-order valence-corrected chi connectivity index (χ2v) is 9.45. The van der Waals surface area contributed by atoms with Gasteiger partial charge in [0, 0.05) is 30.4 Å². The molecular weight excluding hydrogens is 363 g/mol. The first-order valence-corrected chi connectivity index (χ1v) is 11.2. The number of nitrogens with one attached hydrogen (secondary N) is 1. The number of amides is 1. The summed E-state index contributed by atoms with van der Waals surface area (Å²) in [6.45, 7) is 3.09. The molecule has 1 saturated heterocycles. The largest absolute Gasteiger partial charge is 0.356 e. The van der Waals surface area contributed by atoms with Gasteiger partial charge in [0.15, 0.2) is 0 Å². The molecule has 25 heavy (non-hydrogen) atoms. The van der Waals surface area contributed by atoms with Crippen LogP contribution in [0.5, 0.6) is 0 Å². The van der Waals surface area contributed by atoms with Gasteiger partial charge < -0.3 is 5.32 Å². The molecule has 1 aliphatic rings. The summed E-state index contributed by atoms with van der Waals surface area (Å²) >= 11 is 1.63. The summed E-state index contributed by atoms with van der Waals surface area (Å²) in [5.74, 6) is 0.622. The van der Waals surface area contributed by atoms with Gasteiger partial charge in [-0.3, -0.25) is 4.79 Å². The van der Waals surface area contributed by atoms with Crippen LogP contribution in [0.3, 0.4) is 0 Å². The van der Waals surface area contributed by atoms with Gasteiger partial charge in [0.05, 0.1) is 5.75 Å². The van der Waals surface area contributed by atoms with Crippen LogP contribution in [0, 0.1) is 11.7 Å². The molecule has 0 aliphatic carbocycles. The van der Waals surface area contributed by atoms with Crippen molar-refractivity contribution in [3.05, 3.63) is 30.1 Å². The molecule has 1 amide bonds. The first-order valence-electron chi connectivity index (χ1n) is 8.56. The number of piperidine rings is 1. The van der Waals surface area contributed by atoms with Crippen molar-refractivity contribution in [1.29, 1.82) is 0 Å². The molecule has 0 saturated carbocycles. The monoisotopic (exact) mass is 388 g/mol. The summed E-state index contributed by atoms with van der Waals surface area (Å²) < 4.78 is 37.9. The first kappa shape index (κ1) is 20.2. The zero-order chi connectivity index (χ0) is 18.3. The smallest absolute Gasteiger partial charge is 0.223 e. The SMILES string of the molecule is CCS(=O)(=O)N1CCC(C(=O)NCCCSc2ccc(F)cc2)CC1. The standard InChI is InChI=1S/C17H25FN2O3S2/c1-2-25(22,23)20-11-8-14(9-12-20)17(21)19-10-3-13-24-16-6-4-15(18)5-7-16/h4-7,14H,2-3,8-13H2,1H3,(H,19,21). The Morgan fingerprint density at radius 1 is 1.28 bits per heavy atom. The van der Waals surface area contributed by atoms with Crippen molar-refractivity contribution in [2.24, 2.45) is 5.92 Å². The number of nitrogens with zero attached hydrogens (tertiary/aromatic N) is 1. The second kappa shape index (κ2) is 9.54. The summed E-state index contributed by atoms with van der Waals surface area (Å²) in [7, 11) is -3.15. The maximum Gasteiger partial charge on any atom is 0.223 e. The van der Waals surface area contributed by atoms with Crippen LogP contribution < -0.4 is 5.32 Å². The highest BCUT2D eigenvalue weighted by atomic mass is 32.2. The molecule has 5 nitrogen and oxygen atoms in total. The number of thioether (sulfide) groups is 1. The quantitative estimate of drug-likeness (QED) is 0.549. The van der Waals surface area contributed by atoms with E-state index in [-0.39, 0.29) is 23.4 Å². The molecule has 1 N–H and O–H groups in total. The second-order valence-electron chi connectivity index (χ2n) is 6.02. The molecule has 0 bridgehead atoms. The fourth-order valence-electron chi connectivity index (χ4n) is 2.73. The predicted molar refractivity (Wildman–Crippen MR) is 98.5 cm³/mol. The van der Waals surface area contributed by atoms with Crippen LogP contribution in [0.2, 0.25) is 0 Å². The van der Waals surface area contributed by atoms with Crippen LogP contribution in [0.1, 0.15) is 26.2 Å². The maximum atomic E-state index is 12.8. The molecule has 140 valence electrons. The number of rotatable bonds is 8. The van der Waals surface area contributed by atoms with Crippen LogP contribution in [0.25, 0.3) is 0 Å². The van der Waals surface area contributed by atoms with E-state index in [0.717, 1.165) is 17.1 Å². The van der Waals surface area contributed by atoms with Gasteiger partial charge in [0.1, 0.15) is 5.82 Å². The number of hydrogen-bond acceptors (Lipinski definition) is 4. The number of hydrogen-bond donors (Lipinski definition) is 1. The summed E-state index contributed by atoms with van der Waals surface area (Å²) in [5.41, 5.74) is 0. The van der Waals surface area contributed by atoms with E-state index in [4.69, 9.17) is 0 Å². The molecule has 1 fully saturated rings. The molecule has 0 unspecified atom stereocenters. The van der Waals surface area contributed by atoms with Gasteiger partial charge >= 0.3 is 0 Å². The third-order valence-corrected chi connectivity index (χ3v) is 7.27. The Morgan fingerprint density at radius 3 is 2.52 bits per heavy atom. The molecule has 0 aromatic heterocycles. The lowest BCUT2D eigenvalue weighted by atomic mass is 9.97. The van der Waals surface area contributed by atoms with E-state index in [1.54, 1.807) is 30.8 Å². The van der Waals surface area contributed by atoms with E-state index in [0.29, 0.717) is 32.5 Å². The fourth-order valence-corrected chi connectivity index (χ4v) is 4.71. The molecule has 1 heterocycles. The van der Waals surface area contributed by atoms with Gasteiger partial charge in [0.2, 0.25) is 15.9 Å². The summed E-state index contributed by atoms with van der Waals surface area (Å²) in [4.78, 5) is 13.2. The van der Waals surface area contributed by atoms with Gasteiger partial charge in [-0.25, -0.2) is 17.1 Å². The number of halogens is 1. The van der Waals surface area contributed by atoms with Gasteiger partial charge in [-0.1, -0.05) is 0 Å². The Kier molecular flexibility index (Phi) is 7.71. The third kappa shape index (κ3) is 6.27. The highest BCUT2D eigenvalue weighted by molar-refractivity contribution is 7.99. The van der Waals surface area contributed by atoms with Crippen molar-refractivity contribution in [3.63, 3.8) is 0 Å². The van der Waals surface area contributed by atoms with Crippen molar-refractivity contribution in [1.82, 2.24) is 9.62 Å². The zero-order valence-corrected chi connectivity index (χ0v) is 16.0. The predicted octanol–water partition coefficient (Wildman–Crippen LogP) is 2.49. The Balaban J connectivity index is 1.62. The molecule has 0 spiro atoms. The lowest BCUT2D eigenvalue weighted by Gasteiger charge is -2.30. The van der Waals surface area contributed by atoms with Gasteiger partial charge in [-0.05, 0) is 56.2 Å². The maximum absolute atomic E-state index is 12.8. The highest BCUT2D eigenvalue weighted by Crippen LogP contribution is 2.21. The first-order chi connectivity index (χ1) is 11.9. The summed E-state index contributed by atoms with van der Waals surface area (Å²) in [6, 6.07) is 6.37. The molecule has 0 atom stereocenters. The minimum atomic E-state index is -3.15. The minimum Gasteiger partial charge on any atom is -0.356 e. The summed E-state index contributed by atoms with van der Waals surface area (Å²) in [6.07, 6.45) is 1.99. The lowest BCUT2D eigenvalue weighted by Crippen LogP contribution is -2.43. The van der Waals surface area contributed by atoms with Gasteiger partial charge in [0.25, 0.3) is 0 Å². The molecule has 2 rings (SSSR count). The van der Waals surface area contributed by atoms with E-state index >= 15 is 0 Å². The molecular formula is C17H25FN2O3S2. The Hall–Kier alpha value is -1.12. The van der Waals surface area contributed by atoms with Gasteiger partial charge in [-0.15, -0.1) is 11.8 Å². The van der Waals surface area contributed by atoms with Crippen molar-refractivity contribution in [3.8, 4) is 0 Å². The molecule has 8 heteroatoms. The normalized spacial score (nSPS) is 16.7. The van der Waals surface area contributed by atoms with E-state index in [9.17, 15) is 17.6 Å². The number of carbonyl (C=O) groups is 1. The Morgan fingerprint density at radius 2 is 1.92 bits per heavy atom. The van der Waals surface area contributed by atoms with E-state index in [1.807, 2.05) is 0 Å². The Bertz CT molecular complexity index is 657. The average Bonchev–Trinajstić information content (AvgIpc) is 2.63. The Labute approximate surface area is 153 Å². The van der Waals surface area contributed by atoms with Crippen LogP contribution >= 0.6 is 11.8 Å². The lowest BCUT2D eigenvalue weighted by molar-refractivity contribution is -0.126. The van der Waals surface area contributed by atoms with E-state index in [1.165, 1.54) is 16.4 Å². The van der Waals surface area contributed by atoms with Crippen LogP contribution in [-0.2, 0) is 14.8 Å². The number of sulfonamides is 1. The van der Waals surface area contributed by atoms with Crippen LogP contribution in [0.15, 0.2) is 29.2 Å². The number of benzene rings is 1. The fraction of sp³-hybridized carbons (Fsp3) is 0.588. The van der Waals surface area contributed by atoms with E-state index < -0.39 is 10.0 Å². The van der Waals surface area contributed by atoms with Crippen molar-refractivity contribution < 1.29 is 17.6 Å². The molecule has 0 radical (unpaired) electrons.